The molecule has 0 heterocycles. The van der Waals surface area contributed by atoms with Crippen LogP contribution in [-0.2, 0) is 9.47 Å². The molecule has 8 heteroatoms. The van der Waals surface area contributed by atoms with Crippen LogP contribution in [0, 0.1) is 0 Å². The van der Waals surface area contributed by atoms with Crippen molar-refractivity contribution in [3.05, 3.63) is 70.7 Å². The summed E-state index contributed by atoms with van der Waals surface area (Å²) in [4.78, 5) is 25.0. The van der Waals surface area contributed by atoms with Crippen LogP contribution in [0.25, 0.3) is 11.1 Å². The molecule has 8 nitrogen and oxygen atoms in total. The zero-order valence-corrected chi connectivity index (χ0v) is 15.0. The highest BCUT2D eigenvalue weighted by Crippen LogP contribution is 2.28. The zero-order chi connectivity index (χ0) is 19.9. The van der Waals surface area contributed by atoms with Crippen molar-refractivity contribution in [2.24, 2.45) is 10.2 Å². The average molecular weight is 378 g/mol. The fourth-order valence-corrected chi connectivity index (χ4v) is 3.20. The largest absolute Gasteiger partial charge is 0.706 e. The third kappa shape index (κ3) is 4.28. The summed E-state index contributed by atoms with van der Waals surface area (Å²) in [5, 5.41) is 6.18. The fraction of sp³-hybridized carbons (Fsp3) is 0.300. The molecule has 0 unspecified atom stereocenters. The summed E-state index contributed by atoms with van der Waals surface area (Å²) in [6.07, 6.45) is 1.54. The minimum atomic E-state index is -0.646. The van der Waals surface area contributed by atoms with Gasteiger partial charge in [-0.1, -0.05) is 24.3 Å². The van der Waals surface area contributed by atoms with Crippen LogP contribution in [0.2, 0.25) is 0 Å². The van der Waals surface area contributed by atoms with Crippen molar-refractivity contribution < 1.29 is 19.1 Å². The maximum absolute atomic E-state index is 12.5. The summed E-state index contributed by atoms with van der Waals surface area (Å²) in [6.45, 7) is 0. The Kier molecular flexibility index (Phi) is 6.21. The predicted molar refractivity (Wildman–Crippen MR) is 101 cm³/mol. The number of esters is 2. The Bertz CT molecular complexity index is 826. The van der Waals surface area contributed by atoms with Gasteiger partial charge in [0.15, 0.2) is 0 Å². The molecule has 0 radical (unpaired) electrons. The molecule has 2 aromatic rings. The highest BCUT2D eigenvalue weighted by Gasteiger charge is 2.32. The fourth-order valence-electron chi connectivity index (χ4n) is 3.20. The van der Waals surface area contributed by atoms with Gasteiger partial charge in [0.05, 0.1) is 22.5 Å². The highest BCUT2D eigenvalue weighted by molar-refractivity contribution is 5.95. The van der Waals surface area contributed by atoms with E-state index in [1.807, 2.05) is 0 Å². The van der Waals surface area contributed by atoms with Gasteiger partial charge >= 0.3 is 11.9 Å². The van der Waals surface area contributed by atoms with Gasteiger partial charge in [0.2, 0.25) is 0 Å². The molecule has 0 N–H and O–H groups in total. The van der Waals surface area contributed by atoms with Crippen LogP contribution in [0.3, 0.4) is 0 Å². The second-order valence-corrected chi connectivity index (χ2v) is 6.41. The molecule has 0 amide bonds. The summed E-state index contributed by atoms with van der Waals surface area (Å²) in [5.74, 6) is -1.29. The summed E-state index contributed by atoms with van der Waals surface area (Å²) in [7, 11) is 0. The van der Waals surface area contributed by atoms with Gasteiger partial charge in [0.25, 0.3) is 0 Å². The highest BCUT2D eigenvalue weighted by atomic mass is 16.6. The van der Waals surface area contributed by atoms with E-state index in [1.165, 1.54) is 24.3 Å². The van der Waals surface area contributed by atoms with E-state index in [1.54, 1.807) is 24.3 Å². The van der Waals surface area contributed by atoms with Crippen molar-refractivity contribution in [2.45, 2.75) is 37.9 Å². The minimum Gasteiger partial charge on any atom is -0.706 e. The van der Waals surface area contributed by atoms with E-state index in [-0.39, 0.29) is 22.5 Å². The molecule has 0 saturated heterocycles. The second-order valence-electron chi connectivity index (χ2n) is 6.41. The topological polar surface area (TPSA) is 122 Å². The Labute approximate surface area is 161 Å². The van der Waals surface area contributed by atoms with Gasteiger partial charge in [0.1, 0.15) is 12.2 Å². The molecule has 1 aliphatic carbocycles. The van der Waals surface area contributed by atoms with Crippen LogP contribution in [0.4, 0.5) is 11.4 Å². The van der Waals surface area contributed by atoms with E-state index in [2.05, 4.69) is 10.2 Å². The van der Waals surface area contributed by atoms with E-state index in [9.17, 15) is 9.59 Å². The van der Waals surface area contributed by atoms with Crippen LogP contribution in [0.5, 0.6) is 0 Å². The van der Waals surface area contributed by atoms with Crippen LogP contribution in [0.15, 0.2) is 58.8 Å². The van der Waals surface area contributed by atoms with Crippen LogP contribution < -0.4 is 0 Å². The first-order chi connectivity index (χ1) is 13.6. The Morgan fingerprint density at radius 3 is 1.54 bits per heavy atom. The van der Waals surface area contributed by atoms with Gasteiger partial charge < -0.3 is 30.8 Å². The van der Waals surface area contributed by atoms with Crippen molar-refractivity contribution in [1.82, 2.24) is 0 Å². The van der Waals surface area contributed by atoms with Crippen molar-refractivity contribution >= 4 is 23.3 Å². The third-order valence-corrected chi connectivity index (χ3v) is 4.62. The predicted octanol–water partition coefficient (Wildman–Crippen LogP) is 5.32. The number of carbonyl (C=O) groups is 2. The molecule has 28 heavy (non-hydrogen) atoms. The minimum absolute atomic E-state index is 0.107. The van der Waals surface area contributed by atoms with E-state index in [0.29, 0.717) is 12.8 Å². The van der Waals surface area contributed by atoms with Gasteiger partial charge in [-0.25, -0.2) is 9.59 Å². The van der Waals surface area contributed by atoms with Crippen LogP contribution in [-0.4, -0.2) is 24.1 Å². The Morgan fingerprint density at radius 2 is 1.14 bits per heavy atom. The van der Waals surface area contributed by atoms with Gasteiger partial charge in [-0.3, -0.25) is 0 Å². The number of hydrogen-bond donors (Lipinski definition) is 0. The summed E-state index contributed by atoms with van der Waals surface area (Å²) < 4.78 is 11.1. The molecule has 1 fully saturated rings. The van der Waals surface area contributed by atoms with E-state index < -0.39 is 24.1 Å². The normalized spacial score (nSPS) is 18.7. The van der Waals surface area contributed by atoms with E-state index in [4.69, 9.17) is 20.5 Å². The lowest BCUT2D eigenvalue weighted by molar-refractivity contribution is -0.0513. The lowest BCUT2D eigenvalue weighted by Crippen LogP contribution is -2.37. The van der Waals surface area contributed by atoms with Crippen LogP contribution in [0.1, 0.15) is 46.4 Å². The molecule has 1 aliphatic rings. The monoisotopic (exact) mass is 378 g/mol. The lowest BCUT2D eigenvalue weighted by Gasteiger charge is -2.31. The number of rotatable bonds is 6. The zero-order valence-electron chi connectivity index (χ0n) is 15.0. The first-order valence-electron chi connectivity index (χ1n) is 8.94. The molecule has 2 atom stereocenters. The summed E-state index contributed by atoms with van der Waals surface area (Å²) >= 11 is 0. The third-order valence-electron chi connectivity index (χ3n) is 4.62. The summed E-state index contributed by atoms with van der Waals surface area (Å²) in [6, 6.07) is 12.5. The Balaban J connectivity index is 1.73. The number of carbonyl (C=O) groups excluding carboxylic acids is 2. The second kappa shape index (κ2) is 8.98. The molecule has 0 aromatic heterocycles. The molecular weight excluding hydrogens is 360 g/mol. The van der Waals surface area contributed by atoms with Crippen molar-refractivity contribution in [1.29, 1.82) is 0 Å². The maximum Gasteiger partial charge on any atom is 0.340 e. The molecule has 3 rings (SSSR count). The van der Waals surface area contributed by atoms with Crippen molar-refractivity contribution in [2.75, 3.05) is 0 Å². The molecule has 0 aliphatic heterocycles. The standard InChI is InChI=1S/C20H18N4O4/c21-23-15-9-3-1-7-13(15)19(25)27-17-11-5-6-12-18(17)28-20(26)14-8-2-4-10-16(14)24-22/h1-4,7-10,17-18H,5-6,11-12H2/q-2/t17-,18-/m1/s1. The number of ether oxygens (including phenoxy) is 2. The number of hydrogen-bond acceptors (Lipinski definition) is 6. The first-order valence-corrected chi connectivity index (χ1v) is 8.94. The quantitative estimate of drug-likeness (QED) is 0.498. The number of benzene rings is 2. The SMILES string of the molecule is [N-]=Nc1ccccc1C(=O)O[C@@H]1CCCC[C@H]1OC(=O)c1ccccc1N=[N-]. The molecule has 144 valence electrons. The van der Waals surface area contributed by atoms with Gasteiger partial charge in [0, 0.05) is 0 Å². The van der Waals surface area contributed by atoms with Gasteiger partial charge in [-0.15, -0.1) is 0 Å². The molecule has 0 bridgehead atoms. The van der Waals surface area contributed by atoms with Gasteiger partial charge in [-0.2, -0.15) is 0 Å². The van der Waals surface area contributed by atoms with E-state index in [0.717, 1.165) is 12.8 Å². The lowest BCUT2D eigenvalue weighted by atomic mass is 9.94. The van der Waals surface area contributed by atoms with Gasteiger partial charge in [-0.05, 0) is 49.9 Å². The van der Waals surface area contributed by atoms with E-state index >= 15 is 0 Å². The maximum atomic E-state index is 12.5. The first kappa shape index (κ1) is 19.3. The average Bonchev–Trinajstić information content (AvgIpc) is 2.74. The van der Waals surface area contributed by atoms with Crippen molar-refractivity contribution in [3.63, 3.8) is 0 Å². The Morgan fingerprint density at radius 1 is 0.750 bits per heavy atom. The smallest absolute Gasteiger partial charge is 0.340 e. The molecule has 0 spiro atoms. The van der Waals surface area contributed by atoms with Crippen LogP contribution >= 0.6 is 0 Å². The number of nitrogens with zero attached hydrogens (tertiary/aromatic N) is 4. The molecule has 2 aromatic carbocycles. The van der Waals surface area contributed by atoms with Crippen molar-refractivity contribution in [3.8, 4) is 0 Å². The molecular formula is C20H18N4O4-2. The summed E-state index contributed by atoms with van der Waals surface area (Å²) in [5.41, 5.74) is 18.5. The molecule has 1 saturated carbocycles. The Hall–Kier alpha value is -3.42.